The highest BCUT2D eigenvalue weighted by Gasteiger charge is 2.16. The minimum atomic E-state index is -0.231. The van der Waals surface area contributed by atoms with E-state index >= 15 is 0 Å². The van der Waals surface area contributed by atoms with Crippen LogP contribution in [0.25, 0.3) is 0 Å². The van der Waals surface area contributed by atoms with Gasteiger partial charge in [-0.3, -0.25) is 4.79 Å². The zero-order valence-corrected chi connectivity index (χ0v) is 9.27. The van der Waals surface area contributed by atoms with Crippen molar-refractivity contribution in [3.63, 3.8) is 0 Å². The van der Waals surface area contributed by atoms with Crippen LogP contribution in [-0.4, -0.2) is 12.3 Å². The molecule has 0 heterocycles. The van der Waals surface area contributed by atoms with E-state index in [0.717, 1.165) is 0 Å². The Labute approximate surface area is 93.0 Å². The fourth-order valence-corrected chi connectivity index (χ4v) is 1.44. The van der Waals surface area contributed by atoms with E-state index < -0.39 is 0 Å². The van der Waals surface area contributed by atoms with Gasteiger partial charge < -0.3 is 5.73 Å². The highest BCUT2D eigenvalue weighted by molar-refractivity contribution is 6.36. The quantitative estimate of drug-likeness (QED) is 0.814. The lowest BCUT2D eigenvalue weighted by atomic mass is 10.00. The number of benzene rings is 1. The summed E-state index contributed by atoms with van der Waals surface area (Å²) < 4.78 is 0. The maximum absolute atomic E-state index is 11.7. The second-order valence-corrected chi connectivity index (χ2v) is 3.97. The molecule has 14 heavy (non-hydrogen) atoms. The molecule has 0 aliphatic carbocycles. The van der Waals surface area contributed by atoms with Gasteiger partial charge in [-0.15, -0.1) is 0 Å². The van der Waals surface area contributed by atoms with Crippen LogP contribution in [0.3, 0.4) is 0 Å². The van der Waals surface area contributed by atoms with E-state index in [1.54, 1.807) is 25.1 Å². The average Bonchev–Trinajstić information content (AvgIpc) is 2.19. The lowest BCUT2D eigenvalue weighted by Crippen LogP contribution is -2.20. The summed E-state index contributed by atoms with van der Waals surface area (Å²) in [5.41, 5.74) is 5.84. The van der Waals surface area contributed by atoms with Crippen molar-refractivity contribution < 1.29 is 4.79 Å². The van der Waals surface area contributed by atoms with Gasteiger partial charge in [-0.2, -0.15) is 0 Å². The zero-order valence-electron chi connectivity index (χ0n) is 7.76. The van der Waals surface area contributed by atoms with Gasteiger partial charge >= 0.3 is 0 Å². The Hall–Kier alpha value is -0.570. The number of carbonyl (C=O) groups excluding carboxylic acids is 1. The van der Waals surface area contributed by atoms with Crippen LogP contribution in [0.1, 0.15) is 17.3 Å². The molecule has 0 amide bonds. The number of Topliss-reactive ketones (excluding diaryl/α,β-unsaturated/α-hetero) is 1. The first-order valence-electron chi connectivity index (χ1n) is 4.25. The van der Waals surface area contributed by atoms with Crippen molar-refractivity contribution in [2.24, 2.45) is 11.7 Å². The monoisotopic (exact) mass is 231 g/mol. The van der Waals surface area contributed by atoms with Crippen molar-refractivity contribution in [1.82, 2.24) is 0 Å². The summed E-state index contributed by atoms with van der Waals surface area (Å²) in [6, 6.07) is 4.83. The summed E-state index contributed by atoms with van der Waals surface area (Å²) in [5.74, 6) is -0.300. The number of halogens is 2. The number of rotatable bonds is 3. The van der Waals surface area contributed by atoms with Gasteiger partial charge in [-0.05, 0) is 18.2 Å². The molecule has 0 aliphatic rings. The van der Waals surface area contributed by atoms with Crippen LogP contribution in [0.2, 0.25) is 10.0 Å². The van der Waals surface area contributed by atoms with Crippen LogP contribution in [0, 0.1) is 5.92 Å². The second kappa shape index (κ2) is 4.78. The Balaban J connectivity index is 3.06. The van der Waals surface area contributed by atoms with E-state index in [1.165, 1.54) is 0 Å². The zero-order chi connectivity index (χ0) is 10.7. The van der Waals surface area contributed by atoms with Crippen molar-refractivity contribution in [3.8, 4) is 0 Å². The smallest absolute Gasteiger partial charge is 0.168 e. The maximum atomic E-state index is 11.7. The van der Waals surface area contributed by atoms with Crippen LogP contribution in [0.4, 0.5) is 0 Å². The SMILES string of the molecule is CC(CN)C(=O)c1cc(Cl)ccc1Cl. The summed E-state index contributed by atoms with van der Waals surface area (Å²) in [6.07, 6.45) is 0. The molecule has 1 aromatic rings. The molecule has 0 radical (unpaired) electrons. The van der Waals surface area contributed by atoms with Gasteiger partial charge in [0, 0.05) is 23.0 Å². The second-order valence-electron chi connectivity index (χ2n) is 3.13. The molecule has 76 valence electrons. The predicted molar refractivity (Wildman–Crippen MR) is 59.0 cm³/mol. The molecule has 0 aliphatic heterocycles. The fraction of sp³-hybridized carbons (Fsp3) is 0.300. The lowest BCUT2D eigenvalue weighted by molar-refractivity contribution is 0.0934. The van der Waals surface area contributed by atoms with Crippen LogP contribution < -0.4 is 5.73 Å². The minimum absolute atomic E-state index is 0.0694. The predicted octanol–water partition coefficient (Wildman–Crippen LogP) is 2.77. The van der Waals surface area contributed by atoms with Crippen LogP contribution in [-0.2, 0) is 0 Å². The first kappa shape index (κ1) is 11.5. The fourth-order valence-electron chi connectivity index (χ4n) is 1.06. The maximum Gasteiger partial charge on any atom is 0.168 e. The van der Waals surface area contributed by atoms with E-state index in [-0.39, 0.29) is 11.7 Å². The first-order valence-corrected chi connectivity index (χ1v) is 5.01. The molecule has 0 aromatic heterocycles. The molecule has 0 bridgehead atoms. The molecule has 2 N–H and O–H groups in total. The van der Waals surface area contributed by atoms with Crippen molar-refractivity contribution in [2.45, 2.75) is 6.92 Å². The van der Waals surface area contributed by atoms with Crippen molar-refractivity contribution >= 4 is 29.0 Å². The van der Waals surface area contributed by atoms with Crippen LogP contribution in [0.5, 0.6) is 0 Å². The molecule has 0 saturated carbocycles. The van der Waals surface area contributed by atoms with E-state index in [4.69, 9.17) is 28.9 Å². The summed E-state index contributed by atoms with van der Waals surface area (Å²) in [7, 11) is 0. The van der Waals surface area contributed by atoms with E-state index in [0.29, 0.717) is 22.2 Å². The third-order valence-electron chi connectivity index (χ3n) is 2.00. The van der Waals surface area contributed by atoms with Gasteiger partial charge in [-0.25, -0.2) is 0 Å². The molecule has 0 fully saturated rings. The van der Waals surface area contributed by atoms with Gasteiger partial charge in [0.05, 0.1) is 5.02 Å². The number of nitrogens with two attached hydrogens (primary N) is 1. The topological polar surface area (TPSA) is 43.1 Å². The molecule has 2 nitrogen and oxygen atoms in total. The molecular weight excluding hydrogens is 221 g/mol. The first-order chi connectivity index (χ1) is 6.56. The van der Waals surface area contributed by atoms with Gasteiger partial charge in [0.15, 0.2) is 5.78 Å². The molecule has 0 spiro atoms. The van der Waals surface area contributed by atoms with Gasteiger partial charge in [0.25, 0.3) is 0 Å². The summed E-state index contributed by atoms with van der Waals surface area (Å²) >= 11 is 11.6. The number of ketones is 1. The van der Waals surface area contributed by atoms with Crippen LogP contribution >= 0.6 is 23.2 Å². The summed E-state index contributed by atoms with van der Waals surface area (Å²) in [4.78, 5) is 11.7. The largest absolute Gasteiger partial charge is 0.330 e. The molecule has 1 atom stereocenters. The normalized spacial score (nSPS) is 12.6. The Morgan fingerprint density at radius 3 is 2.71 bits per heavy atom. The Kier molecular flexibility index (Phi) is 3.93. The molecule has 0 saturated heterocycles. The number of hydrogen-bond acceptors (Lipinski definition) is 2. The highest BCUT2D eigenvalue weighted by atomic mass is 35.5. The molecular formula is C10H11Cl2NO. The molecule has 1 rings (SSSR count). The van der Waals surface area contributed by atoms with Crippen LogP contribution in [0.15, 0.2) is 18.2 Å². The van der Waals surface area contributed by atoms with E-state index in [1.807, 2.05) is 0 Å². The Morgan fingerprint density at radius 1 is 1.50 bits per heavy atom. The third-order valence-corrected chi connectivity index (χ3v) is 2.56. The van der Waals surface area contributed by atoms with Gasteiger partial charge in [0.2, 0.25) is 0 Å². The highest BCUT2D eigenvalue weighted by Crippen LogP contribution is 2.22. The minimum Gasteiger partial charge on any atom is -0.330 e. The van der Waals surface area contributed by atoms with Crippen molar-refractivity contribution in [2.75, 3.05) is 6.54 Å². The van der Waals surface area contributed by atoms with E-state index in [2.05, 4.69) is 0 Å². The molecule has 1 aromatic carbocycles. The average molecular weight is 232 g/mol. The summed E-state index contributed by atoms with van der Waals surface area (Å²) in [6.45, 7) is 2.07. The van der Waals surface area contributed by atoms with E-state index in [9.17, 15) is 4.79 Å². The Bertz CT molecular complexity index is 352. The Morgan fingerprint density at radius 2 is 2.14 bits per heavy atom. The number of hydrogen-bond donors (Lipinski definition) is 1. The van der Waals surface area contributed by atoms with Gasteiger partial charge in [0.1, 0.15) is 0 Å². The summed E-state index contributed by atoms with van der Waals surface area (Å²) in [5, 5.41) is 0.918. The van der Waals surface area contributed by atoms with Crippen molar-refractivity contribution in [3.05, 3.63) is 33.8 Å². The molecule has 1 unspecified atom stereocenters. The standard InChI is InChI=1S/C10H11Cl2NO/c1-6(5-13)10(14)8-4-7(11)2-3-9(8)12/h2-4,6H,5,13H2,1H3. The van der Waals surface area contributed by atoms with Gasteiger partial charge in [-0.1, -0.05) is 30.1 Å². The third kappa shape index (κ3) is 2.47. The lowest BCUT2D eigenvalue weighted by Gasteiger charge is -2.08. The molecule has 4 heteroatoms. The number of carbonyl (C=O) groups is 1. The van der Waals surface area contributed by atoms with Crippen molar-refractivity contribution in [1.29, 1.82) is 0 Å².